The number of allylic oxidation sites excluding steroid dienone is 2. The van der Waals surface area contributed by atoms with E-state index in [1.807, 2.05) is 4.90 Å². The Labute approximate surface area is 84.0 Å². The summed E-state index contributed by atoms with van der Waals surface area (Å²) < 4.78 is 0. The zero-order valence-electron chi connectivity index (χ0n) is 8.15. The van der Waals surface area contributed by atoms with Crippen LogP contribution >= 0.6 is 0 Å². The molecule has 0 saturated carbocycles. The third-order valence-electron chi connectivity index (χ3n) is 2.99. The van der Waals surface area contributed by atoms with E-state index in [1.165, 1.54) is 0 Å². The molecule has 0 aromatic heterocycles. The minimum absolute atomic E-state index is 0.0816. The molecule has 3 nitrogen and oxygen atoms in total. The monoisotopic (exact) mass is 190 g/mol. The van der Waals surface area contributed by atoms with E-state index in [0.717, 1.165) is 19.3 Å². The van der Waals surface area contributed by atoms with Crippen molar-refractivity contribution in [1.29, 1.82) is 5.26 Å². The molecule has 2 rings (SSSR count). The minimum atomic E-state index is 0.0816. The third-order valence-corrected chi connectivity index (χ3v) is 2.99. The summed E-state index contributed by atoms with van der Waals surface area (Å²) in [5.74, 6) is 0.513. The molecular weight excluding hydrogens is 176 g/mol. The lowest BCUT2D eigenvalue weighted by Gasteiger charge is -2.37. The molecule has 0 aromatic rings. The van der Waals surface area contributed by atoms with Crippen LogP contribution in [0.4, 0.5) is 0 Å². The number of rotatable bonds is 1. The van der Waals surface area contributed by atoms with Gasteiger partial charge in [-0.05, 0) is 19.3 Å². The quantitative estimate of drug-likeness (QED) is 0.585. The molecule has 3 heteroatoms. The molecule has 74 valence electrons. The molecule has 14 heavy (non-hydrogen) atoms. The van der Waals surface area contributed by atoms with Crippen molar-refractivity contribution in [1.82, 2.24) is 4.90 Å². The van der Waals surface area contributed by atoms with E-state index in [9.17, 15) is 4.79 Å². The Balaban J connectivity index is 1.85. The van der Waals surface area contributed by atoms with Gasteiger partial charge in [-0.2, -0.15) is 5.26 Å². The van der Waals surface area contributed by atoms with E-state index in [1.54, 1.807) is 0 Å². The van der Waals surface area contributed by atoms with Gasteiger partial charge in [0.05, 0.1) is 12.0 Å². The zero-order chi connectivity index (χ0) is 9.97. The van der Waals surface area contributed by atoms with Crippen LogP contribution in [0, 0.1) is 23.2 Å². The van der Waals surface area contributed by atoms with E-state index in [2.05, 4.69) is 18.2 Å². The number of nitrogens with zero attached hydrogens (tertiary/aromatic N) is 2. The highest BCUT2D eigenvalue weighted by Crippen LogP contribution is 2.24. The maximum absolute atomic E-state index is 11.8. The van der Waals surface area contributed by atoms with Crippen LogP contribution in [-0.4, -0.2) is 23.9 Å². The number of nitriles is 1. The Bertz CT molecular complexity index is 297. The Hall–Kier alpha value is -1.30. The zero-order valence-corrected chi connectivity index (χ0v) is 8.15. The number of hydrogen-bond donors (Lipinski definition) is 0. The van der Waals surface area contributed by atoms with Crippen LogP contribution in [0.1, 0.15) is 19.3 Å². The van der Waals surface area contributed by atoms with E-state index in [4.69, 9.17) is 5.26 Å². The molecule has 1 aliphatic carbocycles. The predicted molar refractivity (Wildman–Crippen MR) is 52.2 cm³/mol. The molecule has 1 aliphatic heterocycles. The van der Waals surface area contributed by atoms with Gasteiger partial charge in [-0.3, -0.25) is 4.79 Å². The van der Waals surface area contributed by atoms with Crippen molar-refractivity contribution in [2.75, 3.05) is 13.1 Å². The lowest BCUT2D eigenvalue weighted by atomic mass is 9.90. The number of likely N-dealkylation sites (tertiary alicyclic amines) is 1. The van der Waals surface area contributed by atoms with Crippen molar-refractivity contribution in [3.8, 4) is 6.07 Å². The van der Waals surface area contributed by atoms with Gasteiger partial charge in [0.15, 0.2) is 0 Å². The molecule has 2 aliphatic rings. The maximum Gasteiger partial charge on any atom is 0.226 e. The van der Waals surface area contributed by atoms with Gasteiger partial charge in [0, 0.05) is 19.0 Å². The summed E-state index contributed by atoms with van der Waals surface area (Å²) in [6.07, 6.45) is 7.10. The molecule has 1 fully saturated rings. The van der Waals surface area contributed by atoms with Crippen LogP contribution < -0.4 is 0 Å². The second-order valence-electron chi connectivity index (χ2n) is 4.05. The van der Waals surface area contributed by atoms with Crippen LogP contribution in [0.2, 0.25) is 0 Å². The normalized spacial score (nSPS) is 26.8. The average Bonchev–Trinajstić information content (AvgIpc) is 2.17. The van der Waals surface area contributed by atoms with Gasteiger partial charge in [-0.25, -0.2) is 0 Å². The minimum Gasteiger partial charge on any atom is -0.340 e. The Morgan fingerprint density at radius 1 is 1.43 bits per heavy atom. The van der Waals surface area contributed by atoms with Gasteiger partial charge in [0.1, 0.15) is 0 Å². The van der Waals surface area contributed by atoms with Crippen molar-refractivity contribution in [2.45, 2.75) is 19.3 Å². The second-order valence-corrected chi connectivity index (χ2v) is 4.05. The number of carbonyl (C=O) groups excluding carboxylic acids is 1. The Morgan fingerprint density at radius 3 is 2.79 bits per heavy atom. The van der Waals surface area contributed by atoms with Gasteiger partial charge in [0.25, 0.3) is 0 Å². The van der Waals surface area contributed by atoms with Crippen LogP contribution in [-0.2, 0) is 4.79 Å². The van der Waals surface area contributed by atoms with E-state index in [0.29, 0.717) is 13.1 Å². The Kier molecular flexibility index (Phi) is 2.53. The van der Waals surface area contributed by atoms with Crippen molar-refractivity contribution in [3.05, 3.63) is 12.2 Å². The lowest BCUT2D eigenvalue weighted by molar-refractivity contribution is -0.140. The summed E-state index contributed by atoms with van der Waals surface area (Å²) in [6.45, 7) is 1.30. The standard InChI is InChI=1S/C11H14N2O/c12-6-9-7-13(8-9)11(14)10-4-2-1-3-5-10/h1-2,9-10H,3-5,7-8H2/t10-/m0/s1. The fourth-order valence-corrected chi connectivity index (χ4v) is 2.02. The SMILES string of the molecule is N#CC1CN(C(=O)[C@H]2CC=CCC2)C1. The average molecular weight is 190 g/mol. The molecule has 0 spiro atoms. The smallest absolute Gasteiger partial charge is 0.226 e. The van der Waals surface area contributed by atoms with Crippen molar-refractivity contribution in [3.63, 3.8) is 0 Å². The van der Waals surface area contributed by atoms with Crippen LogP contribution in [0.15, 0.2) is 12.2 Å². The summed E-state index contributed by atoms with van der Waals surface area (Å²) in [5.41, 5.74) is 0. The number of carbonyl (C=O) groups is 1. The largest absolute Gasteiger partial charge is 0.340 e. The highest BCUT2D eigenvalue weighted by Gasteiger charge is 2.33. The van der Waals surface area contributed by atoms with Gasteiger partial charge < -0.3 is 4.90 Å². The summed E-state index contributed by atoms with van der Waals surface area (Å²) in [6, 6.07) is 2.18. The van der Waals surface area contributed by atoms with Crippen molar-refractivity contribution < 1.29 is 4.79 Å². The Morgan fingerprint density at radius 2 is 2.21 bits per heavy atom. The summed E-state index contributed by atoms with van der Waals surface area (Å²) in [7, 11) is 0. The van der Waals surface area contributed by atoms with Gasteiger partial charge in [-0.1, -0.05) is 12.2 Å². The predicted octanol–water partition coefficient (Wildman–Crippen LogP) is 1.32. The summed E-state index contributed by atoms with van der Waals surface area (Å²) in [4.78, 5) is 13.6. The van der Waals surface area contributed by atoms with E-state index < -0.39 is 0 Å². The molecule has 0 aromatic carbocycles. The molecule has 0 N–H and O–H groups in total. The fraction of sp³-hybridized carbons (Fsp3) is 0.636. The van der Waals surface area contributed by atoms with Crippen LogP contribution in [0.5, 0.6) is 0 Å². The first kappa shape index (κ1) is 9.26. The first-order valence-electron chi connectivity index (χ1n) is 5.14. The maximum atomic E-state index is 11.8. The molecular formula is C11H14N2O. The highest BCUT2D eigenvalue weighted by atomic mass is 16.2. The van der Waals surface area contributed by atoms with Gasteiger partial charge in [0.2, 0.25) is 5.91 Å². The first-order valence-corrected chi connectivity index (χ1v) is 5.14. The molecule has 1 saturated heterocycles. The van der Waals surface area contributed by atoms with Gasteiger partial charge in [-0.15, -0.1) is 0 Å². The lowest BCUT2D eigenvalue weighted by Crippen LogP contribution is -2.51. The second kappa shape index (κ2) is 3.83. The molecule has 0 bridgehead atoms. The number of hydrogen-bond acceptors (Lipinski definition) is 2. The van der Waals surface area contributed by atoms with Crippen molar-refractivity contribution >= 4 is 5.91 Å². The third kappa shape index (κ3) is 1.65. The van der Waals surface area contributed by atoms with Crippen LogP contribution in [0.3, 0.4) is 0 Å². The molecule has 1 amide bonds. The molecule has 0 radical (unpaired) electrons. The summed E-state index contributed by atoms with van der Waals surface area (Å²) in [5, 5.41) is 8.60. The van der Waals surface area contributed by atoms with Crippen molar-refractivity contribution in [2.24, 2.45) is 11.8 Å². The highest BCUT2D eigenvalue weighted by molar-refractivity contribution is 5.80. The fourth-order valence-electron chi connectivity index (χ4n) is 2.02. The first-order chi connectivity index (χ1) is 6.81. The van der Waals surface area contributed by atoms with Crippen LogP contribution in [0.25, 0.3) is 0 Å². The molecule has 1 atom stereocenters. The topological polar surface area (TPSA) is 44.1 Å². The van der Waals surface area contributed by atoms with E-state index in [-0.39, 0.29) is 17.7 Å². The molecule has 1 heterocycles. The van der Waals surface area contributed by atoms with E-state index >= 15 is 0 Å². The summed E-state index contributed by atoms with van der Waals surface area (Å²) >= 11 is 0. The van der Waals surface area contributed by atoms with Gasteiger partial charge >= 0.3 is 0 Å². The number of amides is 1. The molecule has 0 unspecified atom stereocenters.